The number of likely N-dealkylation sites (N-methyl/N-ethyl adjacent to an activating group) is 1. The minimum atomic E-state index is 0.686. The molecule has 31 heavy (non-hydrogen) atoms. The van der Waals surface area contributed by atoms with Crippen molar-refractivity contribution in [2.24, 2.45) is 0 Å². The highest BCUT2D eigenvalue weighted by Gasteiger charge is 2.13. The number of piperazine rings is 1. The molecule has 164 valence electrons. The van der Waals surface area contributed by atoms with Crippen LogP contribution in [0.1, 0.15) is 18.1 Å². The highest BCUT2D eigenvalue weighted by Crippen LogP contribution is 2.21. The van der Waals surface area contributed by atoms with E-state index in [9.17, 15) is 0 Å². The van der Waals surface area contributed by atoms with Crippen LogP contribution in [-0.2, 0) is 12.8 Å². The molecule has 1 aliphatic rings. The lowest BCUT2D eigenvalue weighted by molar-refractivity contribution is 0.158. The Balaban J connectivity index is 1.37. The summed E-state index contributed by atoms with van der Waals surface area (Å²) < 4.78 is 0. The number of anilines is 2. The number of para-hydroxylation sites is 1. The van der Waals surface area contributed by atoms with Crippen LogP contribution in [0.3, 0.4) is 0 Å². The van der Waals surface area contributed by atoms with E-state index in [1.54, 1.807) is 0 Å². The minimum Gasteiger partial charge on any atom is -0.368 e. The molecular formula is C25H34N6. The molecule has 2 heterocycles. The van der Waals surface area contributed by atoms with E-state index in [1.807, 2.05) is 12.1 Å². The maximum Gasteiger partial charge on any atom is 0.225 e. The van der Waals surface area contributed by atoms with Crippen LogP contribution in [0.25, 0.3) is 10.9 Å². The third-order valence-corrected chi connectivity index (χ3v) is 6.05. The first kappa shape index (κ1) is 21.5. The van der Waals surface area contributed by atoms with E-state index in [0.29, 0.717) is 5.95 Å². The van der Waals surface area contributed by atoms with Gasteiger partial charge in [0.15, 0.2) is 0 Å². The molecule has 3 aromatic rings. The number of hydrogen-bond donors (Lipinski definition) is 2. The summed E-state index contributed by atoms with van der Waals surface area (Å²) >= 11 is 0. The first-order valence-electron chi connectivity index (χ1n) is 11.4. The van der Waals surface area contributed by atoms with Gasteiger partial charge in [0.1, 0.15) is 5.82 Å². The summed E-state index contributed by atoms with van der Waals surface area (Å²) in [6.45, 7) is 9.46. The zero-order valence-electron chi connectivity index (χ0n) is 18.8. The van der Waals surface area contributed by atoms with E-state index in [-0.39, 0.29) is 0 Å². The van der Waals surface area contributed by atoms with Gasteiger partial charge in [-0.05, 0) is 43.1 Å². The highest BCUT2D eigenvalue weighted by atomic mass is 15.3. The second kappa shape index (κ2) is 10.6. The minimum absolute atomic E-state index is 0.686. The lowest BCUT2D eigenvalue weighted by Gasteiger charge is -2.32. The predicted octanol–water partition coefficient (Wildman–Crippen LogP) is 3.51. The molecule has 0 atom stereocenters. The van der Waals surface area contributed by atoms with Gasteiger partial charge in [0.25, 0.3) is 0 Å². The summed E-state index contributed by atoms with van der Waals surface area (Å²) in [5.74, 6) is 1.60. The Morgan fingerprint density at radius 2 is 1.58 bits per heavy atom. The number of hydrogen-bond acceptors (Lipinski definition) is 6. The van der Waals surface area contributed by atoms with Gasteiger partial charge in [-0.15, -0.1) is 0 Å². The van der Waals surface area contributed by atoms with Crippen LogP contribution in [0, 0.1) is 0 Å². The van der Waals surface area contributed by atoms with Gasteiger partial charge in [0, 0.05) is 51.2 Å². The Bertz CT molecular complexity index is 963. The monoisotopic (exact) mass is 418 g/mol. The van der Waals surface area contributed by atoms with Crippen molar-refractivity contribution in [1.82, 2.24) is 19.8 Å². The summed E-state index contributed by atoms with van der Waals surface area (Å²) in [6.07, 6.45) is 2.03. The molecule has 2 aromatic carbocycles. The molecule has 6 heteroatoms. The van der Waals surface area contributed by atoms with Crippen LogP contribution in [0.5, 0.6) is 0 Å². The van der Waals surface area contributed by atoms with Crippen molar-refractivity contribution in [1.29, 1.82) is 0 Å². The van der Waals surface area contributed by atoms with Gasteiger partial charge in [-0.25, -0.2) is 4.98 Å². The molecule has 1 aliphatic heterocycles. The Kier molecular flexibility index (Phi) is 7.33. The molecule has 0 radical (unpaired) electrons. The number of benzene rings is 2. The number of rotatable bonds is 9. The van der Waals surface area contributed by atoms with Crippen LogP contribution in [0.2, 0.25) is 0 Å². The van der Waals surface area contributed by atoms with Gasteiger partial charge >= 0.3 is 0 Å². The SMILES string of the molecule is CCc1ccc(CCNc2nc(NCCN3CCN(C)CC3)c3ccccc3n2)cc1. The van der Waals surface area contributed by atoms with Gasteiger partial charge in [0.2, 0.25) is 5.95 Å². The third kappa shape index (κ3) is 5.93. The average molecular weight is 419 g/mol. The van der Waals surface area contributed by atoms with Gasteiger partial charge < -0.3 is 15.5 Å². The standard InChI is InChI=1S/C25H34N6/c1-3-20-8-10-21(11-9-20)12-13-27-25-28-23-7-5-4-6-22(23)24(29-25)26-14-15-31-18-16-30(2)17-19-31/h4-11H,3,12-19H2,1-2H3,(H2,26,27,28,29). The fourth-order valence-electron chi connectivity index (χ4n) is 3.95. The smallest absolute Gasteiger partial charge is 0.225 e. The molecule has 0 aliphatic carbocycles. The largest absolute Gasteiger partial charge is 0.368 e. The normalized spacial score (nSPS) is 15.3. The van der Waals surface area contributed by atoms with Crippen molar-refractivity contribution >= 4 is 22.7 Å². The predicted molar refractivity (Wildman–Crippen MR) is 130 cm³/mol. The molecule has 1 fully saturated rings. The summed E-state index contributed by atoms with van der Waals surface area (Å²) in [7, 11) is 2.19. The van der Waals surface area contributed by atoms with E-state index in [0.717, 1.165) is 75.4 Å². The summed E-state index contributed by atoms with van der Waals surface area (Å²) in [5, 5.41) is 8.05. The lowest BCUT2D eigenvalue weighted by Crippen LogP contribution is -2.45. The number of aryl methyl sites for hydroxylation is 1. The van der Waals surface area contributed by atoms with E-state index in [1.165, 1.54) is 11.1 Å². The number of aromatic nitrogens is 2. The fraction of sp³-hybridized carbons (Fsp3) is 0.440. The fourth-order valence-corrected chi connectivity index (χ4v) is 3.95. The van der Waals surface area contributed by atoms with Gasteiger partial charge in [0.05, 0.1) is 5.52 Å². The molecule has 0 spiro atoms. The molecule has 4 rings (SSSR count). The van der Waals surface area contributed by atoms with Crippen LogP contribution >= 0.6 is 0 Å². The van der Waals surface area contributed by atoms with Crippen LogP contribution in [0.4, 0.5) is 11.8 Å². The zero-order valence-corrected chi connectivity index (χ0v) is 18.8. The Hall–Kier alpha value is -2.70. The Labute approximate surface area is 185 Å². The number of fused-ring (bicyclic) bond motifs is 1. The number of nitrogens with zero attached hydrogens (tertiary/aromatic N) is 4. The molecule has 0 bridgehead atoms. The van der Waals surface area contributed by atoms with Gasteiger partial charge in [-0.1, -0.05) is 43.3 Å². The quantitative estimate of drug-likeness (QED) is 0.555. The van der Waals surface area contributed by atoms with Crippen molar-refractivity contribution in [2.45, 2.75) is 19.8 Å². The van der Waals surface area contributed by atoms with E-state index in [2.05, 4.69) is 70.8 Å². The van der Waals surface area contributed by atoms with E-state index >= 15 is 0 Å². The molecule has 1 aromatic heterocycles. The Morgan fingerprint density at radius 1 is 0.839 bits per heavy atom. The molecular weight excluding hydrogens is 384 g/mol. The van der Waals surface area contributed by atoms with E-state index in [4.69, 9.17) is 9.97 Å². The van der Waals surface area contributed by atoms with Crippen molar-refractivity contribution in [3.63, 3.8) is 0 Å². The topological polar surface area (TPSA) is 56.3 Å². The maximum absolute atomic E-state index is 4.79. The summed E-state index contributed by atoms with van der Waals surface area (Å²) in [4.78, 5) is 14.4. The molecule has 1 saturated heterocycles. The van der Waals surface area contributed by atoms with Gasteiger partial charge in [-0.3, -0.25) is 4.90 Å². The summed E-state index contributed by atoms with van der Waals surface area (Å²) in [5.41, 5.74) is 3.67. The molecule has 2 N–H and O–H groups in total. The highest BCUT2D eigenvalue weighted by molar-refractivity contribution is 5.90. The first-order chi connectivity index (χ1) is 15.2. The average Bonchev–Trinajstić information content (AvgIpc) is 2.81. The van der Waals surface area contributed by atoms with Crippen molar-refractivity contribution in [2.75, 3.05) is 63.5 Å². The van der Waals surface area contributed by atoms with Crippen molar-refractivity contribution < 1.29 is 0 Å². The summed E-state index contributed by atoms with van der Waals surface area (Å²) in [6, 6.07) is 17.1. The van der Waals surface area contributed by atoms with Crippen molar-refractivity contribution in [3.8, 4) is 0 Å². The van der Waals surface area contributed by atoms with E-state index < -0.39 is 0 Å². The number of nitrogens with one attached hydrogen (secondary N) is 2. The molecule has 6 nitrogen and oxygen atoms in total. The first-order valence-corrected chi connectivity index (χ1v) is 11.4. The van der Waals surface area contributed by atoms with Gasteiger partial charge in [-0.2, -0.15) is 4.98 Å². The van der Waals surface area contributed by atoms with Crippen LogP contribution in [-0.4, -0.2) is 72.6 Å². The third-order valence-electron chi connectivity index (χ3n) is 6.05. The lowest BCUT2D eigenvalue weighted by atomic mass is 10.1. The second-order valence-corrected chi connectivity index (χ2v) is 8.33. The van der Waals surface area contributed by atoms with Crippen LogP contribution < -0.4 is 10.6 Å². The molecule has 0 saturated carbocycles. The zero-order chi connectivity index (χ0) is 21.5. The Morgan fingerprint density at radius 3 is 2.35 bits per heavy atom. The second-order valence-electron chi connectivity index (χ2n) is 8.33. The molecule has 0 unspecified atom stereocenters. The molecule has 0 amide bonds. The maximum atomic E-state index is 4.79. The van der Waals surface area contributed by atoms with Crippen LogP contribution in [0.15, 0.2) is 48.5 Å². The van der Waals surface area contributed by atoms with Crippen molar-refractivity contribution in [3.05, 3.63) is 59.7 Å².